The first kappa shape index (κ1) is 16.3. The van der Waals surface area contributed by atoms with E-state index in [2.05, 4.69) is 15.6 Å². The van der Waals surface area contributed by atoms with Crippen molar-refractivity contribution in [3.05, 3.63) is 58.3 Å². The molecule has 0 aliphatic heterocycles. The van der Waals surface area contributed by atoms with Crippen LogP contribution in [0.15, 0.2) is 41.0 Å². The number of aryl methyl sites for hydroxylation is 3. The van der Waals surface area contributed by atoms with Crippen LogP contribution < -0.4 is 10.6 Å². The molecule has 0 unspecified atom stereocenters. The quantitative estimate of drug-likeness (QED) is 0.726. The van der Waals surface area contributed by atoms with E-state index in [4.69, 9.17) is 4.42 Å². The minimum atomic E-state index is -0.231. The second-order valence-electron chi connectivity index (χ2n) is 5.61. The zero-order chi connectivity index (χ0) is 17.1. The lowest BCUT2D eigenvalue weighted by Gasteiger charge is -2.08. The Morgan fingerprint density at radius 3 is 2.75 bits per heavy atom. The third kappa shape index (κ3) is 3.65. The predicted octanol–water partition coefficient (Wildman–Crippen LogP) is 4.65. The number of urea groups is 1. The van der Waals surface area contributed by atoms with Crippen molar-refractivity contribution >= 4 is 23.1 Å². The van der Waals surface area contributed by atoms with Crippen LogP contribution in [0.1, 0.15) is 21.7 Å². The molecule has 2 heterocycles. The third-order valence-electron chi connectivity index (χ3n) is 3.80. The van der Waals surface area contributed by atoms with Crippen molar-refractivity contribution in [3.63, 3.8) is 0 Å². The summed E-state index contributed by atoms with van der Waals surface area (Å²) >= 11 is 1.52. The maximum Gasteiger partial charge on any atom is 0.319 e. The van der Waals surface area contributed by atoms with Gasteiger partial charge in [0, 0.05) is 10.6 Å². The Hall–Kier alpha value is -2.60. The van der Waals surface area contributed by atoms with Crippen molar-refractivity contribution in [1.29, 1.82) is 0 Å². The molecule has 0 bridgehead atoms. The van der Waals surface area contributed by atoms with Gasteiger partial charge in [-0.25, -0.2) is 9.78 Å². The maximum atomic E-state index is 12.1. The molecule has 5 nitrogen and oxygen atoms in total. The number of thiazole rings is 1. The van der Waals surface area contributed by atoms with Crippen LogP contribution in [0, 0.1) is 20.8 Å². The number of hydrogen-bond donors (Lipinski definition) is 2. The number of rotatable bonds is 4. The number of hydrogen-bond acceptors (Lipinski definition) is 4. The Bertz CT molecular complexity index is 853. The van der Waals surface area contributed by atoms with Crippen molar-refractivity contribution in [2.45, 2.75) is 27.3 Å². The van der Waals surface area contributed by atoms with Gasteiger partial charge >= 0.3 is 6.03 Å². The molecular weight excluding hydrogens is 322 g/mol. The number of anilines is 1. The summed E-state index contributed by atoms with van der Waals surface area (Å²) in [4.78, 5) is 17.6. The molecule has 0 aliphatic rings. The summed E-state index contributed by atoms with van der Waals surface area (Å²) in [6.45, 7) is 6.43. The first-order chi connectivity index (χ1) is 11.5. The van der Waals surface area contributed by atoms with E-state index in [1.807, 2.05) is 51.1 Å². The van der Waals surface area contributed by atoms with Gasteiger partial charge in [0.1, 0.15) is 0 Å². The summed E-state index contributed by atoms with van der Waals surface area (Å²) < 4.78 is 5.36. The van der Waals surface area contributed by atoms with Gasteiger partial charge < -0.3 is 15.1 Å². The topological polar surface area (TPSA) is 67.2 Å². The molecule has 0 fully saturated rings. The summed E-state index contributed by atoms with van der Waals surface area (Å²) in [7, 11) is 0. The van der Waals surface area contributed by atoms with Gasteiger partial charge in [-0.3, -0.25) is 0 Å². The Kier molecular flexibility index (Phi) is 4.66. The van der Waals surface area contributed by atoms with E-state index in [9.17, 15) is 4.79 Å². The number of amides is 2. The van der Waals surface area contributed by atoms with Gasteiger partial charge in [0.05, 0.1) is 18.5 Å². The molecule has 2 amide bonds. The maximum absolute atomic E-state index is 12.1. The molecule has 1 aromatic carbocycles. The number of furan rings is 1. The van der Waals surface area contributed by atoms with Crippen molar-refractivity contribution in [1.82, 2.24) is 10.3 Å². The highest BCUT2D eigenvalue weighted by Gasteiger charge is 2.12. The third-order valence-corrected chi connectivity index (χ3v) is 4.97. The molecular formula is C18H19N3O2S. The molecule has 0 atom stereocenters. The first-order valence-electron chi connectivity index (χ1n) is 7.65. The highest BCUT2D eigenvalue weighted by molar-refractivity contribution is 7.15. The van der Waals surface area contributed by atoms with Crippen LogP contribution >= 0.6 is 11.3 Å². The van der Waals surface area contributed by atoms with Crippen LogP contribution in [0.5, 0.6) is 0 Å². The SMILES string of the molecule is Cc1ccc(NC(=O)NCc2sc(-c3ccco3)nc2C)cc1C. The van der Waals surface area contributed by atoms with Crippen LogP contribution in [0.4, 0.5) is 10.5 Å². The highest BCUT2D eigenvalue weighted by Crippen LogP contribution is 2.28. The Balaban J connectivity index is 1.61. The van der Waals surface area contributed by atoms with Crippen molar-refractivity contribution in [2.75, 3.05) is 5.32 Å². The van der Waals surface area contributed by atoms with E-state index in [1.54, 1.807) is 6.26 Å². The number of nitrogens with one attached hydrogen (secondary N) is 2. The van der Waals surface area contributed by atoms with Gasteiger partial charge in [0.25, 0.3) is 0 Å². The van der Waals surface area contributed by atoms with Crippen LogP contribution in [-0.2, 0) is 6.54 Å². The molecule has 0 radical (unpaired) electrons. The van der Waals surface area contributed by atoms with Crippen LogP contribution in [-0.4, -0.2) is 11.0 Å². The molecule has 0 aliphatic carbocycles. The Morgan fingerprint density at radius 1 is 1.21 bits per heavy atom. The van der Waals surface area contributed by atoms with E-state index >= 15 is 0 Å². The number of carbonyl (C=O) groups is 1. The summed E-state index contributed by atoms with van der Waals surface area (Å²) in [5.74, 6) is 0.744. The zero-order valence-electron chi connectivity index (χ0n) is 13.8. The molecule has 124 valence electrons. The molecule has 3 aromatic rings. The minimum absolute atomic E-state index is 0.231. The molecule has 0 saturated carbocycles. The normalized spacial score (nSPS) is 10.6. The van der Waals surface area contributed by atoms with Crippen molar-refractivity contribution in [2.24, 2.45) is 0 Å². The van der Waals surface area contributed by atoms with Gasteiger partial charge in [-0.2, -0.15) is 0 Å². The summed E-state index contributed by atoms with van der Waals surface area (Å²) in [5.41, 5.74) is 4.03. The van der Waals surface area contributed by atoms with E-state index < -0.39 is 0 Å². The fraction of sp³-hybridized carbons (Fsp3) is 0.222. The molecule has 0 saturated heterocycles. The molecule has 0 spiro atoms. The predicted molar refractivity (Wildman–Crippen MR) is 96.3 cm³/mol. The second-order valence-corrected chi connectivity index (χ2v) is 6.70. The van der Waals surface area contributed by atoms with E-state index in [0.29, 0.717) is 6.54 Å². The smallest absolute Gasteiger partial charge is 0.319 e. The van der Waals surface area contributed by atoms with Gasteiger partial charge in [-0.15, -0.1) is 11.3 Å². The lowest BCUT2D eigenvalue weighted by Crippen LogP contribution is -2.28. The summed E-state index contributed by atoms with van der Waals surface area (Å²) in [6.07, 6.45) is 1.63. The lowest BCUT2D eigenvalue weighted by molar-refractivity contribution is 0.252. The molecule has 2 N–H and O–H groups in total. The Labute approximate surface area is 144 Å². The minimum Gasteiger partial charge on any atom is -0.462 e. The van der Waals surface area contributed by atoms with Crippen molar-refractivity contribution < 1.29 is 9.21 Å². The Morgan fingerprint density at radius 2 is 2.04 bits per heavy atom. The van der Waals surface area contributed by atoms with Crippen LogP contribution in [0.3, 0.4) is 0 Å². The monoisotopic (exact) mass is 341 g/mol. The van der Waals surface area contributed by atoms with Gasteiger partial charge in [-0.1, -0.05) is 6.07 Å². The largest absolute Gasteiger partial charge is 0.462 e. The molecule has 3 rings (SSSR count). The fourth-order valence-corrected chi connectivity index (χ4v) is 3.22. The molecule has 2 aromatic heterocycles. The van der Waals surface area contributed by atoms with E-state index in [-0.39, 0.29) is 6.03 Å². The summed E-state index contributed by atoms with van der Waals surface area (Å²) in [6, 6.07) is 9.33. The standard InChI is InChI=1S/C18H19N3O2S/c1-11-6-7-14(9-12(11)2)21-18(22)19-10-16-13(3)20-17(24-16)15-5-4-8-23-15/h4-9H,10H2,1-3H3,(H2,19,21,22). The van der Waals surface area contributed by atoms with E-state index in [1.165, 1.54) is 16.9 Å². The van der Waals surface area contributed by atoms with Gasteiger partial charge in [0.2, 0.25) is 0 Å². The van der Waals surface area contributed by atoms with E-state index in [0.717, 1.165) is 32.6 Å². The van der Waals surface area contributed by atoms with Crippen LogP contribution in [0.25, 0.3) is 10.8 Å². The second kappa shape index (κ2) is 6.88. The average molecular weight is 341 g/mol. The van der Waals surface area contributed by atoms with Crippen molar-refractivity contribution in [3.8, 4) is 10.8 Å². The number of carbonyl (C=O) groups excluding carboxylic acids is 1. The molecule has 24 heavy (non-hydrogen) atoms. The van der Waals surface area contributed by atoms with Crippen LogP contribution in [0.2, 0.25) is 0 Å². The highest BCUT2D eigenvalue weighted by atomic mass is 32.1. The zero-order valence-corrected chi connectivity index (χ0v) is 14.7. The fourth-order valence-electron chi connectivity index (χ4n) is 2.25. The van der Waals surface area contributed by atoms with Gasteiger partial charge in [0.15, 0.2) is 10.8 Å². The number of nitrogens with zero attached hydrogens (tertiary/aromatic N) is 1. The number of aromatic nitrogens is 1. The average Bonchev–Trinajstić information content (AvgIpc) is 3.18. The lowest BCUT2D eigenvalue weighted by atomic mass is 10.1. The molecule has 6 heteroatoms. The first-order valence-corrected chi connectivity index (χ1v) is 8.47. The van der Waals surface area contributed by atoms with Gasteiger partial charge in [-0.05, 0) is 56.2 Å². The number of benzene rings is 1. The summed E-state index contributed by atoms with van der Waals surface area (Å²) in [5, 5.41) is 6.54.